The van der Waals surface area contributed by atoms with Crippen LogP contribution in [0.5, 0.6) is 0 Å². The Balaban J connectivity index is 2.04. The molecule has 0 aliphatic carbocycles. The smallest absolute Gasteiger partial charge is 0.0449 e. The third-order valence-electron chi connectivity index (χ3n) is 3.40. The summed E-state index contributed by atoms with van der Waals surface area (Å²) in [4.78, 5) is 2.12. The number of anilines is 1. The van der Waals surface area contributed by atoms with Crippen molar-refractivity contribution in [2.75, 3.05) is 4.90 Å². The average Bonchev–Trinajstić information content (AvgIpc) is 2.46. The third kappa shape index (κ3) is 3.84. The van der Waals surface area contributed by atoms with Gasteiger partial charge in [0.05, 0.1) is 0 Å². The maximum atomic E-state index is 5.87. The van der Waals surface area contributed by atoms with Gasteiger partial charge >= 0.3 is 0 Å². The molecule has 1 atom stereocenters. The van der Waals surface area contributed by atoms with E-state index in [9.17, 15) is 0 Å². The lowest BCUT2D eigenvalue weighted by molar-refractivity contribution is 0.662. The highest BCUT2D eigenvalue weighted by molar-refractivity contribution is 5.57. The van der Waals surface area contributed by atoms with Crippen LogP contribution in [-0.4, -0.2) is 0 Å². The van der Waals surface area contributed by atoms with Crippen LogP contribution >= 0.6 is 0 Å². The highest BCUT2D eigenvalue weighted by atomic mass is 15.1. The lowest BCUT2D eigenvalue weighted by Crippen LogP contribution is -2.10. The summed E-state index contributed by atoms with van der Waals surface area (Å²) in [5.74, 6) is 0.702. The van der Waals surface area contributed by atoms with E-state index in [2.05, 4.69) is 73.6 Å². The molecule has 0 bridgehead atoms. The molecule has 106 valence electrons. The van der Waals surface area contributed by atoms with Crippen molar-refractivity contribution in [2.45, 2.75) is 33.2 Å². The van der Waals surface area contributed by atoms with Crippen LogP contribution < -0.4 is 10.6 Å². The predicted molar refractivity (Wildman–Crippen MR) is 87.3 cm³/mol. The maximum Gasteiger partial charge on any atom is 0.0449 e. The summed E-state index contributed by atoms with van der Waals surface area (Å²) in [6.45, 7) is 6.47. The molecule has 1 aliphatic heterocycles. The first-order valence-corrected chi connectivity index (χ1v) is 7.26. The van der Waals surface area contributed by atoms with Gasteiger partial charge in [-0.2, -0.15) is 0 Å². The minimum Gasteiger partial charge on any atom is -0.324 e. The summed E-state index contributed by atoms with van der Waals surface area (Å²) in [5, 5.41) is 0. The molecule has 1 aromatic rings. The first kappa shape index (κ1) is 14.6. The highest BCUT2D eigenvalue weighted by Gasteiger charge is 2.05. The van der Waals surface area contributed by atoms with Crippen LogP contribution in [0.3, 0.4) is 0 Å². The van der Waals surface area contributed by atoms with Gasteiger partial charge in [-0.15, -0.1) is 0 Å². The van der Waals surface area contributed by atoms with E-state index in [0.717, 1.165) is 17.7 Å². The molecule has 2 rings (SSSR count). The van der Waals surface area contributed by atoms with Gasteiger partial charge in [-0.05, 0) is 54.7 Å². The topological polar surface area (TPSA) is 29.3 Å². The van der Waals surface area contributed by atoms with Crippen molar-refractivity contribution >= 4 is 5.69 Å². The molecule has 20 heavy (non-hydrogen) atoms. The molecule has 1 unspecified atom stereocenters. The summed E-state index contributed by atoms with van der Waals surface area (Å²) >= 11 is 0. The Bertz CT molecular complexity index is 503. The summed E-state index contributed by atoms with van der Waals surface area (Å²) in [7, 11) is 0. The number of rotatable bonds is 4. The number of benzene rings is 1. The molecule has 0 saturated carbocycles. The molecule has 2 nitrogen and oxygen atoms in total. The number of nitrogens with zero attached hydrogens (tertiary/aromatic N) is 1. The Kier molecular flexibility index (Phi) is 4.80. The summed E-state index contributed by atoms with van der Waals surface area (Å²) < 4.78 is 0. The third-order valence-corrected chi connectivity index (χ3v) is 3.40. The molecule has 0 spiro atoms. The fraction of sp³-hybridized carbons (Fsp3) is 0.333. The minimum atomic E-state index is 0.0852. The largest absolute Gasteiger partial charge is 0.324 e. The molecular weight excluding hydrogens is 244 g/mol. The van der Waals surface area contributed by atoms with E-state index in [1.165, 1.54) is 5.57 Å². The van der Waals surface area contributed by atoms with E-state index in [1.807, 2.05) is 6.92 Å². The van der Waals surface area contributed by atoms with Gasteiger partial charge in [0.25, 0.3) is 0 Å². The molecule has 1 aromatic carbocycles. The predicted octanol–water partition coefficient (Wildman–Crippen LogP) is 4.53. The molecule has 2 heteroatoms. The maximum absolute atomic E-state index is 5.87. The normalized spacial score (nSPS) is 15.8. The standard InChI is InChI=1S/C18H24N2/c1-14(2)4-5-16-10-12-20(13-11-16)18-8-6-17(7-9-18)15(3)19/h5-15H,4,19H2,1-3H3. The minimum absolute atomic E-state index is 0.0852. The van der Waals surface area contributed by atoms with E-state index in [4.69, 9.17) is 5.73 Å². The van der Waals surface area contributed by atoms with Crippen LogP contribution in [0.1, 0.15) is 38.8 Å². The highest BCUT2D eigenvalue weighted by Crippen LogP contribution is 2.22. The van der Waals surface area contributed by atoms with Crippen molar-refractivity contribution in [2.24, 2.45) is 11.7 Å². The van der Waals surface area contributed by atoms with E-state index in [-0.39, 0.29) is 6.04 Å². The second kappa shape index (κ2) is 6.58. The lowest BCUT2D eigenvalue weighted by Gasteiger charge is -2.19. The van der Waals surface area contributed by atoms with E-state index in [1.54, 1.807) is 0 Å². The summed E-state index contributed by atoms with van der Waals surface area (Å²) in [6.07, 6.45) is 11.9. The van der Waals surface area contributed by atoms with Gasteiger partial charge in [-0.25, -0.2) is 0 Å². The number of hydrogen-bond acceptors (Lipinski definition) is 2. The molecule has 1 aliphatic rings. The van der Waals surface area contributed by atoms with E-state index in [0.29, 0.717) is 5.92 Å². The van der Waals surface area contributed by atoms with Gasteiger partial charge in [0.15, 0.2) is 0 Å². The molecule has 0 saturated heterocycles. The molecule has 0 radical (unpaired) electrons. The molecule has 0 aromatic heterocycles. The second-order valence-corrected chi connectivity index (χ2v) is 5.75. The van der Waals surface area contributed by atoms with Crippen molar-refractivity contribution in [1.29, 1.82) is 0 Å². The van der Waals surface area contributed by atoms with Gasteiger partial charge in [0, 0.05) is 24.1 Å². The van der Waals surface area contributed by atoms with Gasteiger partial charge in [0.2, 0.25) is 0 Å². The second-order valence-electron chi connectivity index (χ2n) is 5.75. The first-order chi connectivity index (χ1) is 9.56. The van der Waals surface area contributed by atoms with Crippen molar-refractivity contribution in [3.8, 4) is 0 Å². The Labute approximate surface area is 122 Å². The van der Waals surface area contributed by atoms with E-state index >= 15 is 0 Å². The molecule has 0 fully saturated rings. The zero-order valence-electron chi connectivity index (χ0n) is 12.6. The summed E-state index contributed by atoms with van der Waals surface area (Å²) in [6, 6.07) is 8.48. The zero-order chi connectivity index (χ0) is 14.5. The Morgan fingerprint density at radius 1 is 1.05 bits per heavy atom. The van der Waals surface area contributed by atoms with Crippen LogP contribution in [0.15, 0.2) is 60.5 Å². The van der Waals surface area contributed by atoms with Crippen LogP contribution in [0.2, 0.25) is 0 Å². The SMILES string of the molecule is CC(C)CC=C1C=CN(c2ccc(C(C)N)cc2)C=C1. The van der Waals surface area contributed by atoms with Gasteiger partial charge in [-0.1, -0.05) is 32.1 Å². The van der Waals surface area contributed by atoms with Gasteiger partial charge in [0.1, 0.15) is 0 Å². The molecule has 0 amide bonds. The molecule has 1 heterocycles. The van der Waals surface area contributed by atoms with Crippen molar-refractivity contribution in [3.05, 3.63) is 66.0 Å². The van der Waals surface area contributed by atoms with Crippen LogP contribution in [0.4, 0.5) is 5.69 Å². The van der Waals surface area contributed by atoms with Crippen LogP contribution in [0.25, 0.3) is 0 Å². The van der Waals surface area contributed by atoms with Gasteiger partial charge < -0.3 is 10.6 Å². The van der Waals surface area contributed by atoms with Crippen molar-refractivity contribution < 1.29 is 0 Å². The van der Waals surface area contributed by atoms with Crippen LogP contribution in [0, 0.1) is 5.92 Å². The molecular formula is C18H24N2. The quantitative estimate of drug-likeness (QED) is 0.869. The fourth-order valence-electron chi connectivity index (χ4n) is 2.07. The number of nitrogens with two attached hydrogens (primary N) is 1. The zero-order valence-corrected chi connectivity index (χ0v) is 12.6. The Morgan fingerprint density at radius 3 is 2.15 bits per heavy atom. The number of allylic oxidation sites excluding steroid dienone is 4. The summed E-state index contributed by atoms with van der Waals surface area (Å²) in [5.41, 5.74) is 9.47. The Morgan fingerprint density at radius 2 is 1.65 bits per heavy atom. The van der Waals surface area contributed by atoms with E-state index < -0.39 is 0 Å². The monoisotopic (exact) mass is 268 g/mol. The Hall–Kier alpha value is -1.80. The number of hydrogen-bond donors (Lipinski definition) is 1. The van der Waals surface area contributed by atoms with Crippen molar-refractivity contribution in [3.63, 3.8) is 0 Å². The van der Waals surface area contributed by atoms with Gasteiger partial charge in [-0.3, -0.25) is 0 Å². The first-order valence-electron chi connectivity index (χ1n) is 7.26. The van der Waals surface area contributed by atoms with Crippen molar-refractivity contribution in [1.82, 2.24) is 0 Å². The lowest BCUT2D eigenvalue weighted by atomic mass is 10.1. The van der Waals surface area contributed by atoms with Crippen LogP contribution in [-0.2, 0) is 0 Å². The average molecular weight is 268 g/mol. The fourth-order valence-corrected chi connectivity index (χ4v) is 2.07. The molecule has 2 N–H and O–H groups in total.